The van der Waals surface area contributed by atoms with Crippen molar-refractivity contribution in [2.24, 2.45) is 23.7 Å². The van der Waals surface area contributed by atoms with E-state index < -0.39 is 0 Å². The average molecular weight is 442 g/mol. The number of anilines is 1. The number of rotatable bonds is 7. The molecule has 7 nitrogen and oxygen atoms in total. The standard InChI is InChI=1S/C25H39N5O2/c1-5-26-25(32)28-17-21-14-19(4)20(15-22(21)18(2)3)16-24(31)30-12-10-29(11-13-30)23-8-6-7-9-27-23/h6-9,14,18,20-22H,5,10-13,15-17H2,1-4H3,(H2,26,28,32)/t20-,21-,22-/m0/s1. The maximum absolute atomic E-state index is 13.1. The number of allylic oxidation sites excluding steroid dienone is 1. The second-order valence-corrected chi connectivity index (χ2v) is 9.42. The van der Waals surface area contributed by atoms with E-state index in [1.54, 1.807) is 0 Å². The minimum absolute atomic E-state index is 0.108. The lowest BCUT2D eigenvalue weighted by Gasteiger charge is -2.39. The molecule has 0 aromatic carbocycles. The summed E-state index contributed by atoms with van der Waals surface area (Å²) >= 11 is 0. The Hall–Kier alpha value is -2.57. The molecule has 1 aliphatic carbocycles. The molecule has 32 heavy (non-hydrogen) atoms. The van der Waals surface area contributed by atoms with Crippen molar-refractivity contribution >= 4 is 17.8 Å². The molecular formula is C25H39N5O2. The molecule has 0 bridgehead atoms. The molecule has 1 aromatic rings. The quantitative estimate of drug-likeness (QED) is 0.637. The molecule has 1 saturated heterocycles. The minimum atomic E-state index is -0.108. The molecule has 2 N–H and O–H groups in total. The monoisotopic (exact) mass is 441 g/mol. The van der Waals surface area contributed by atoms with Crippen molar-refractivity contribution in [2.45, 2.75) is 40.5 Å². The number of carbonyl (C=O) groups is 2. The van der Waals surface area contributed by atoms with Crippen LogP contribution in [0.3, 0.4) is 0 Å². The fourth-order valence-electron chi connectivity index (χ4n) is 5.01. The van der Waals surface area contributed by atoms with Gasteiger partial charge in [-0.3, -0.25) is 4.79 Å². The molecule has 0 saturated carbocycles. The predicted molar refractivity (Wildman–Crippen MR) is 128 cm³/mol. The van der Waals surface area contributed by atoms with Crippen LogP contribution in [0.4, 0.5) is 10.6 Å². The van der Waals surface area contributed by atoms with E-state index in [1.165, 1.54) is 5.57 Å². The van der Waals surface area contributed by atoms with Gasteiger partial charge in [-0.25, -0.2) is 9.78 Å². The van der Waals surface area contributed by atoms with Crippen LogP contribution >= 0.6 is 0 Å². The summed E-state index contributed by atoms with van der Waals surface area (Å²) in [6, 6.07) is 5.84. The third-order valence-electron chi connectivity index (χ3n) is 6.95. The molecule has 1 aromatic heterocycles. The molecule has 3 amide bonds. The summed E-state index contributed by atoms with van der Waals surface area (Å²) in [5.74, 6) is 2.79. The third-order valence-corrected chi connectivity index (χ3v) is 6.95. The number of carbonyl (C=O) groups excluding carboxylic acids is 2. The van der Waals surface area contributed by atoms with Crippen molar-refractivity contribution in [3.8, 4) is 0 Å². The zero-order valence-electron chi connectivity index (χ0n) is 20.0. The number of amides is 3. The molecule has 2 heterocycles. The van der Waals surface area contributed by atoms with Gasteiger partial charge in [-0.15, -0.1) is 0 Å². The smallest absolute Gasteiger partial charge is 0.314 e. The number of hydrogen-bond acceptors (Lipinski definition) is 4. The van der Waals surface area contributed by atoms with Crippen LogP contribution in [0.15, 0.2) is 36.0 Å². The summed E-state index contributed by atoms with van der Waals surface area (Å²) in [7, 11) is 0. The van der Waals surface area contributed by atoms with E-state index in [9.17, 15) is 9.59 Å². The van der Waals surface area contributed by atoms with E-state index in [1.807, 2.05) is 36.2 Å². The van der Waals surface area contributed by atoms with Gasteiger partial charge in [0.2, 0.25) is 5.91 Å². The van der Waals surface area contributed by atoms with Gasteiger partial charge in [0.1, 0.15) is 5.82 Å². The molecule has 2 aliphatic rings. The minimum Gasteiger partial charge on any atom is -0.353 e. The maximum Gasteiger partial charge on any atom is 0.314 e. The molecule has 0 spiro atoms. The molecule has 176 valence electrons. The highest BCUT2D eigenvalue weighted by atomic mass is 16.2. The van der Waals surface area contributed by atoms with Crippen molar-refractivity contribution in [3.05, 3.63) is 36.0 Å². The number of aromatic nitrogens is 1. The van der Waals surface area contributed by atoms with Gasteiger partial charge in [0.15, 0.2) is 0 Å². The van der Waals surface area contributed by atoms with Gasteiger partial charge in [0, 0.05) is 51.9 Å². The van der Waals surface area contributed by atoms with E-state index in [2.05, 4.69) is 47.4 Å². The number of nitrogens with zero attached hydrogens (tertiary/aromatic N) is 3. The van der Waals surface area contributed by atoms with E-state index in [-0.39, 0.29) is 17.9 Å². The van der Waals surface area contributed by atoms with E-state index in [0.29, 0.717) is 37.3 Å². The molecule has 1 fully saturated rings. The largest absolute Gasteiger partial charge is 0.353 e. The Labute approximate surface area is 192 Å². The van der Waals surface area contributed by atoms with E-state index in [4.69, 9.17) is 0 Å². The predicted octanol–water partition coefficient (Wildman–Crippen LogP) is 3.29. The normalized spacial score (nSPS) is 23.7. The first-order valence-corrected chi connectivity index (χ1v) is 12.0. The Morgan fingerprint density at radius 3 is 2.53 bits per heavy atom. The lowest BCUT2D eigenvalue weighted by Crippen LogP contribution is -2.49. The van der Waals surface area contributed by atoms with Crippen LogP contribution in [0.2, 0.25) is 0 Å². The fourth-order valence-corrected chi connectivity index (χ4v) is 5.01. The Balaban J connectivity index is 1.55. The summed E-state index contributed by atoms with van der Waals surface area (Å²) < 4.78 is 0. The average Bonchev–Trinajstić information content (AvgIpc) is 2.79. The first kappa shape index (κ1) is 24.1. The molecule has 3 atom stereocenters. The van der Waals surface area contributed by atoms with E-state index in [0.717, 1.165) is 38.4 Å². The van der Waals surface area contributed by atoms with Crippen LogP contribution in [0.5, 0.6) is 0 Å². The summed E-state index contributed by atoms with van der Waals surface area (Å²) in [4.78, 5) is 33.6. The van der Waals surface area contributed by atoms with Crippen molar-refractivity contribution in [3.63, 3.8) is 0 Å². The number of hydrogen-bond donors (Lipinski definition) is 2. The van der Waals surface area contributed by atoms with Crippen molar-refractivity contribution in [2.75, 3.05) is 44.2 Å². The highest BCUT2D eigenvalue weighted by molar-refractivity contribution is 5.77. The maximum atomic E-state index is 13.1. The molecule has 0 unspecified atom stereocenters. The molecule has 1 aliphatic heterocycles. The lowest BCUT2D eigenvalue weighted by atomic mass is 9.69. The van der Waals surface area contributed by atoms with Crippen LogP contribution in [0.25, 0.3) is 0 Å². The third kappa shape index (κ3) is 6.24. The zero-order valence-corrected chi connectivity index (χ0v) is 20.0. The van der Waals surface area contributed by atoms with Crippen LogP contribution < -0.4 is 15.5 Å². The summed E-state index contributed by atoms with van der Waals surface area (Å²) in [5, 5.41) is 5.80. The fraction of sp³-hybridized carbons (Fsp3) is 0.640. The first-order valence-electron chi connectivity index (χ1n) is 12.0. The number of piperazine rings is 1. The van der Waals surface area contributed by atoms with Gasteiger partial charge in [-0.1, -0.05) is 31.6 Å². The number of urea groups is 1. The summed E-state index contributed by atoms with van der Waals surface area (Å²) in [5.41, 5.74) is 1.28. The Morgan fingerprint density at radius 1 is 1.16 bits per heavy atom. The molecule has 7 heteroatoms. The number of nitrogens with one attached hydrogen (secondary N) is 2. The Bertz CT molecular complexity index is 787. The molecule has 3 rings (SSSR count). The van der Waals surface area contributed by atoms with Crippen LogP contribution in [-0.4, -0.2) is 61.1 Å². The topological polar surface area (TPSA) is 77.6 Å². The zero-order chi connectivity index (χ0) is 23.1. The highest BCUT2D eigenvalue weighted by Crippen LogP contribution is 2.39. The highest BCUT2D eigenvalue weighted by Gasteiger charge is 2.34. The van der Waals surface area contributed by atoms with Gasteiger partial charge in [0.25, 0.3) is 0 Å². The van der Waals surface area contributed by atoms with Crippen molar-refractivity contribution < 1.29 is 9.59 Å². The number of pyridine rings is 1. The SMILES string of the molecule is CCNC(=O)NC[C@@H]1C=C(C)[C@H](CC(=O)N2CCN(c3ccccn3)CC2)C[C@H]1C(C)C. The lowest BCUT2D eigenvalue weighted by molar-refractivity contribution is -0.132. The molecule has 0 radical (unpaired) electrons. The van der Waals surface area contributed by atoms with Crippen molar-refractivity contribution in [1.29, 1.82) is 0 Å². The second kappa shape index (κ2) is 11.3. The van der Waals surface area contributed by atoms with Gasteiger partial charge in [-0.2, -0.15) is 0 Å². The van der Waals surface area contributed by atoms with Gasteiger partial charge >= 0.3 is 6.03 Å². The van der Waals surface area contributed by atoms with Gasteiger partial charge in [0.05, 0.1) is 0 Å². The van der Waals surface area contributed by atoms with E-state index >= 15 is 0 Å². The van der Waals surface area contributed by atoms with Gasteiger partial charge < -0.3 is 20.4 Å². The van der Waals surface area contributed by atoms with Crippen LogP contribution in [0, 0.1) is 23.7 Å². The first-order chi connectivity index (χ1) is 15.4. The van der Waals surface area contributed by atoms with Crippen LogP contribution in [-0.2, 0) is 4.79 Å². The molecular weight excluding hydrogens is 402 g/mol. The Kier molecular flexibility index (Phi) is 8.53. The second-order valence-electron chi connectivity index (χ2n) is 9.42. The van der Waals surface area contributed by atoms with Crippen LogP contribution in [0.1, 0.15) is 40.5 Å². The van der Waals surface area contributed by atoms with Crippen molar-refractivity contribution in [1.82, 2.24) is 20.5 Å². The van der Waals surface area contributed by atoms with Gasteiger partial charge in [-0.05, 0) is 56.1 Å². The Morgan fingerprint density at radius 2 is 1.91 bits per heavy atom. The summed E-state index contributed by atoms with van der Waals surface area (Å²) in [6.45, 7) is 13.0. The summed E-state index contributed by atoms with van der Waals surface area (Å²) in [6.07, 6.45) is 5.69.